The summed E-state index contributed by atoms with van der Waals surface area (Å²) in [5.41, 5.74) is 3.70. The first-order chi connectivity index (χ1) is 7.63. The van der Waals surface area contributed by atoms with Crippen LogP contribution in [0.25, 0.3) is 0 Å². The molecule has 0 saturated heterocycles. The molecule has 0 atom stereocenters. The molecule has 1 aromatic rings. The van der Waals surface area contributed by atoms with E-state index in [0.717, 1.165) is 22.6 Å². The molecular weight excluding hydrogens is 216 g/mol. The molecule has 0 aliphatic carbocycles. The van der Waals surface area contributed by atoms with Crippen molar-refractivity contribution in [3.8, 4) is 6.07 Å². The van der Waals surface area contributed by atoms with Gasteiger partial charge in [-0.15, -0.1) is 0 Å². The molecule has 82 valence electrons. The molecule has 0 radical (unpaired) electrons. The molecule has 1 aromatic carbocycles. The lowest BCUT2D eigenvalue weighted by Gasteiger charge is -2.07. The van der Waals surface area contributed by atoms with Gasteiger partial charge in [0.2, 0.25) is 0 Å². The van der Waals surface area contributed by atoms with Gasteiger partial charge in [0.1, 0.15) is 0 Å². The van der Waals surface area contributed by atoms with E-state index in [0.29, 0.717) is 5.56 Å². The summed E-state index contributed by atoms with van der Waals surface area (Å²) in [7, 11) is 0. The van der Waals surface area contributed by atoms with Gasteiger partial charge < -0.3 is 4.72 Å². The largest absolute Gasteiger partial charge is 0.329 e. The molecule has 0 bridgehead atoms. The second-order valence-electron chi connectivity index (χ2n) is 3.46. The van der Waals surface area contributed by atoms with Gasteiger partial charge in [0, 0.05) is 11.4 Å². The minimum absolute atomic E-state index is 0.668. The maximum Gasteiger partial charge on any atom is 0.0991 e. The zero-order valence-electron chi connectivity index (χ0n) is 9.29. The highest BCUT2D eigenvalue weighted by atomic mass is 32.2. The summed E-state index contributed by atoms with van der Waals surface area (Å²) in [5.74, 6) is 0.801. The van der Waals surface area contributed by atoms with E-state index in [4.69, 9.17) is 5.26 Å². The highest BCUT2D eigenvalue weighted by Gasteiger charge is 1.96. The summed E-state index contributed by atoms with van der Waals surface area (Å²) in [6, 6.07) is 9.43. The number of hydrogen-bond donors (Lipinski definition) is 1. The minimum atomic E-state index is 0.668. The number of rotatable bonds is 5. The van der Waals surface area contributed by atoms with Crippen LogP contribution >= 0.6 is 11.9 Å². The quantitative estimate of drug-likeness (QED) is 0.618. The number of nitrogens with one attached hydrogen (secondary N) is 1. The number of benzene rings is 1. The average Bonchev–Trinajstić information content (AvgIpc) is 2.29. The standard InChI is InChI=1S/C13H14N2S/c1-10(2)11(3)9-16-15-13-6-4-12(8-14)5-7-13/h4-7,15H,1,3,9H2,2H3. The average molecular weight is 230 g/mol. The van der Waals surface area contributed by atoms with Gasteiger partial charge in [-0.3, -0.25) is 0 Å². The maximum absolute atomic E-state index is 8.64. The first-order valence-corrected chi connectivity index (χ1v) is 5.83. The van der Waals surface area contributed by atoms with E-state index in [1.165, 1.54) is 0 Å². The molecule has 0 amide bonds. The fourth-order valence-electron chi connectivity index (χ4n) is 0.943. The summed E-state index contributed by atoms with van der Waals surface area (Å²) in [6.07, 6.45) is 0. The van der Waals surface area contributed by atoms with Crippen LogP contribution in [0.3, 0.4) is 0 Å². The normalized spacial score (nSPS) is 9.25. The van der Waals surface area contributed by atoms with Crippen LogP contribution in [0.2, 0.25) is 0 Å². The third-order valence-corrected chi connectivity index (χ3v) is 2.93. The minimum Gasteiger partial charge on any atom is -0.329 e. The fraction of sp³-hybridized carbons (Fsp3) is 0.154. The van der Waals surface area contributed by atoms with Crippen LogP contribution < -0.4 is 4.72 Å². The molecule has 0 aromatic heterocycles. The lowest BCUT2D eigenvalue weighted by molar-refractivity contribution is 1.40. The van der Waals surface area contributed by atoms with Gasteiger partial charge in [0.05, 0.1) is 11.6 Å². The Labute approximate surface area is 101 Å². The van der Waals surface area contributed by atoms with Crippen LogP contribution in [0.5, 0.6) is 0 Å². The molecule has 16 heavy (non-hydrogen) atoms. The summed E-state index contributed by atoms with van der Waals surface area (Å²) in [6.45, 7) is 9.69. The summed E-state index contributed by atoms with van der Waals surface area (Å²) < 4.78 is 3.19. The highest BCUT2D eigenvalue weighted by molar-refractivity contribution is 8.00. The first kappa shape index (κ1) is 12.4. The fourth-order valence-corrected chi connectivity index (χ4v) is 1.74. The van der Waals surface area contributed by atoms with Crippen LogP contribution in [-0.4, -0.2) is 5.75 Å². The Kier molecular flexibility index (Phi) is 4.68. The summed E-state index contributed by atoms with van der Waals surface area (Å²) >= 11 is 1.56. The predicted molar refractivity (Wildman–Crippen MR) is 71.2 cm³/mol. The molecule has 0 fully saturated rings. The molecule has 0 saturated carbocycles. The van der Waals surface area contributed by atoms with E-state index in [2.05, 4.69) is 23.9 Å². The molecule has 3 heteroatoms. The zero-order valence-corrected chi connectivity index (χ0v) is 10.1. The van der Waals surface area contributed by atoms with Crippen molar-refractivity contribution in [2.45, 2.75) is 6.92 Å². The van der Waals surface area contributed by atoms with E-state index in [9.17, 15) is 0 Å². The lowest BCUT2D eigenvalue weighted by Crippen LogP contribution is -1.92. The number of nitrogens with zero attached hydrogens (tertiary/aromatic N) is 1. The smallest absolute Gasteiger partial charge is 0.0991 e. The molecule has 0 unspecified atom stereocenters. The van der Waals surface area contributed by atoms with Crippen LogP contribution in [0.1, 0.15) is 12.5 Å². The molecule has 1 rings (SSSR count). The number of hydrogen-bond acceptors (Lipinski definition) is 3. The maximum atomic E-state index is 8.64. The highest BCUT2D eigenvalue weighted by Crippen LogP contribution is 2.17. The zero-order chi connectivity index (χ0) is 12.0. The summed E-state index contributed by atoms with van der Waals surface area (Å²) in [4.78, 5) is 0. The molecular formula is C13H14N2S. The Morgan fingerprint density at radius 1 is 1.38 bits per heavy atom. The monoisotopic (exact) mass is 230 g/mol. The Balaban J connectivity index is 2.41. The van der Waals surface area contributed by atoms with Crippen molar-refractivity contribution < 1.29 is 0 Å². The van der Waals surface area contributed by atoms with E-state index < -0.39 is 0 Å². The van der Waals surface area contributed by atoms with Gasteiger partial charge in [-0.05, 0) is 48.7 Å². The predicted octanol–water partition coefficient (Wildman–Crippen LogP) is 3.75. The van der Waals surface area contributed by atoms with Crippen LogP contribution in [0, 0.1) is 11.3 Å². The van der Waals surface area contributed by atoms with Crippen molar-refractivity contribution in [3.63, 3.8) is 0 Å². The molecule has 0 spiro atoms. The van der Waals surface area contributed by atoms with Crippen molar-refractivity contribution in [2.75, 3.05) is 10.5 Å². The SMILES string of the molecule is C=C(C)C(=C)CSNc1ccc(C#N)cc1. The molecule has 0 aliphatic heterocycles. The molecule has 0 heterocycles. The van der Waals surface area contributed by atoms with Crippen molar-refractivity contribution in [3.05, 3.63) is 54.1 Å². The van der Waals surface area contributed by atoms with E-state index in [1.54, 1.807) is 24.1 Å². The molecule has 1 N–H and O–H groups in total. The Hall–Kier alpha value is -1.66. The van der Waals surface area contributed by atoms with Crippen molar-refractivity contribution in [1.82, 2.24) is 0 Å². The first-order valence-electron chi connectivity index (χ1n) is 4.85. The van der Waals surface area contributed by atoms with E-state index in [-0.39, 0.29) is 0 Å². The van der Waals surface area contributed by atoms with E-state index >= 15 is 0 Å². The topological polar surface area (TPSA) is 35.8 Å². The third kappa shape index (κ3) is 3.84. The second kappa shape index (κ2) is 6.04. The van der Waals surface area contributed by atoms with Gasteiger partial charge in [-0.1, -0.05) is 18.7 Å². The van der Waals surface area contributed by atoms with Crippen LogP contribution in [0.4, 0.5) is 5.69 Å². The number of anilines is 1. The van der Waals surface area contributed by atoms with Gasteiger partial charge in [0.25, 0.3) is 0 Å². The number of nitriles is 1. The van der Waals surface area contributed by atoms with Crippen LogP contribution in [-0.2, 0) is 0 Å². The van der Waals surface area contributed by atoms with Crippen LogP contribution in [0.15, 0.2) is 48.6 Å². The molecule has 0 aliphatic rings. The van der Waals surface area contributed by atoms with Gasteiger partial charge in [-0.25, -0.2) is 0 Å². The van der Waals surface area contributed by atoms with Gasteiger partial charge >= 0.3 is 0 Å². The third-order valence-electron chi connectivity index (χ3n) is 2.05. The van der Waals surface area contributed by atoms with Crippen molar-refractivity contribution in [1.29, 1.82) is 5.26 Å². The molecule has 2 nitrogen and oxygen atoms in total. The van der Waals surface area contributed by atoms with Crippen molar-refractivity contribution >= 4 is 17.6 Å². The second-order valence-corrected chi connectivity index (χ2v) is 4.25. The van der Waals surface area contributed by atoms with Crippen molar-refractivity contribution in [2.24, 2.45) is 0 Å². The Morgan fingerprint density at radius 2 is 2.00 bits per heavy atom. The van der Waals surface area contributed by atoms with Gasteiger partial charge in [0.15, 0.2) is 0 Å². The Bertz CT molecular complexity index is 426. The number of allylic oxidation sites excluding steroid dienone is 1. The lowest BCUT2D eigenvalue weighted by atomic mass is 10.2. The van der Waals surface area contributed by atoms with Gasteiger partial charge in [-0.2, -0.15) is 5.26 Å². The van der Waals surface area contributed by atoms with E-state index in [1.807, 2.05) is 19.1 Å². The summed E-state index contributed by atoms with van der Waals surface area (Å²) in [5, 5.41) is 8.64. The Morgan fingerprint density at radius 3 is 2.50 bits per heavy atom.